The number of aromatic nitrogens is 2. The van der Waals surface area contributed by atoms with Gasteiger partial charge in [0.05, 0.1) is 22.6 Å². The number of para-hydroxylation sites is 1. The molecule has 0 aliphatic carbocycles. The van der Waals surface area contributed by atoms with Gasteiger partial charge in [-0.25, -0.2) is 4.98 Å². The van der Waals surface area contributed by atoms with Gasteiger partial charge in [-0.05, 0) is 74.2 Å². The van der Waals surface area contributed by atoms with Gasteiger partial charge in [-0.15, -0.1) is 0 Å². The van der Waals surface area contributed by atoms with Crippen LogP contribution in [0.5, 0.6) is 0 Å². The van der Waals surface area contributed by atoms with Crippen molar-refractivity contribution in [1.29, 1.82) is 0 Å². The van der Waals surface area contributed by atoms with Crippen molar-refractivity contribution in [2.75, 3.05) is 7.05 Å². The molecule has 168 valence electrons. The molecular weight excluding hydrogens is 410 g/mol. The van der Waals surface area contributed by atoms with E-state index in [9.17, 15) is 9.59 Å². The van der Waals surface area contributed by atoms with Crippen LogP contribution < -0.4 is 5.56 Å². The number of hydrogen-bond donors (Lipinski definition) is 0. The Morgan fingerprint density at radius 2 is 1.64 bits per heavy atom. The summed E-state index contributed by atoms with van der Waals surface area (Å²) < 4.78 is 1.67. The fourth-order valence-corrected chi connectivity index (χ4v) is 4.26. The van der Waals surface area contributed by atoms with Gasteiger partial charge in [0.1, 0.15) is 5.82 Å². The van der Waals surface area contributed by atoms with Crippen LogP contribution in [0.1, 0.15) is 52.3 Å². The second-order valence-electron chi connectivity index (χ2n) is 8.55. The first-order valence-electron chi connectivity index (χ1n) is 11.3. The Morgan fingerprint density at radius 1 is 0.939 bits per heavy atom. The highest BCUT2D eigenvalue weighted by Gasteiger charge is 2.27. The standard InChI is InChI=1S/C28H29N3O2/c1-6-25(30(5)27(32)22-12-8-7-11-19(22)3)26-29-24-14-10-9-13-23(24)28(33)31(26)21-16-15-18(2)20(4)17-21/h7-17,25H,6H2,1-5H3. The normalized spacial score (nSPS) is 12.0. The van der Waals surface area contributed by atoms with E-state index in [1.807, 2.05) is 88.4 Å². The van der Waals surface area contributed by atoms with Crippen molar-refractivity contribution in [3.8, 4) is 5.69 Å². The molecule has 0 aliphatic rings. The molecule has 33 heavy (non-hydrogen) atoms. The van der Waals surface area contributed by atoms with E-state index in [4.69, 9.17) is 4.98 Å². The quantitative estimate of drug-likeness (QED) is 0.411. The number of carbonyl (C=O) groups is 1. The molecule has 4 aromatic rings. The summed E-state index contributed by atoms with van der Waals surface area (Å²) in [5.74, 6) is 0.475. The summed E-state index contributed by atoms with van der Waals surface area (Å²) in [5.41, 5.74) is 5.08. The minimum absolute atomic E-state index is 0.0889. The summed E-state index contributed by atoms with van der Waals surface area (Å²) in [5, 5.41) is 0.558. The number of amides is 1. The zero-order valence-electron chi connectivity index (χ0n) is 19.8. The molecule has 0 fully saturated rings. The number of carbonyl (C=O) groups excluding carboxylic acids is 1. The average Bonchev–Trinajstić information content (AvgIpc) is 2.81. The molecule has 0 saturated heterocycles. The van der Waals surface area contributed by atoms with Crippen LogP contribution in [0.15, 0.2) is 71.5 Å². The van der Waals surface area contributed by atoms with Crippen molar-refractivity contribution in [2.45, 2.75) is 40.2 Å². The van der Waals surface area contributed by atoms with Crippen LogP contribution in [0.25, 0.3) is 16.6 Å². The molecule has 0 bridgehead atoms. The lowest BCUT2D eigenvalue weighted by atomic mass is 10.0. The SMILES string of the molecule is CCC(c1nc2ccccc2c(=O)n1-c1ccc(C)c(C)c1)N(C)C(=O)c1ccccc1C. The molecule has 1 unspecified atom stereocenters. The average molecular weight is 440 g/mol. The summed E-state index contributed by atoms with van der Waals surface area (Å²) in [6.07, 6.45) is 0.615. The maximum Gasteiger partial charge on any atom is 0.266 e. The second-order valence-corrected chi connectivity index (χ2v) is 8.55. The molecule has 0 radical (unpaired) electrons. The topological polar surface area (TPSA) is 55.2 Å². The molecule has 0 aliphatic heterocycles. The van der Waals surface area contributed by atoms with E-state index in [1.54, 1.807) is 22.6 Å². The van der Waals surface area contributed by atoms with Crippen LogP contribution in [0.3, 0.4) is 0 Å². The third-order valence-electron chi connectivity index (χ3n) is 6.40. The molecule has 5 heteroatoms. The highest BCUT2D eigenvalue weighted by Crippen LogP contribution is 2.27. The van der Waals surface area contributed by atoms with Crippen molar-refractivity contribution in [2.24, 2.45) is 0 Å². The summed E-state index contributed by atoms with van der Waals surface area (Å²) in [6.45, 7) is 8.02. The highest BCUT2D eigenvalue weighted by atomic mass is 16.2. The molecule has 0 saturated carbocycles. The van der Waals surface area contributed by atoms with Crippen LogP contribution in [0.4, 0.5) is 0 Å². The predicted molar refractivity (Wildman–Crippen MR) is 133 cm³/mol. The van der Waals surface area contributed by atoms with Crippen molar-refractivity contribution in [3.05, 3.63) is 105 Å². The van der Waals surface area contributed by atoms with Gasteiger partial charge in [-0.1, -0.05) is 43.3 Å². The predicted octanol–water partition coefficient (Wildman–Crippen LogP) is 5.53. The molecule has 0 N–H and O–H groups in total. The molecule has 3 aromatic carbocycles. The first-order chi connectivity index (χ1) is 15.8. The van der Waals surface area contributed by atoms with Crippen LogP contribution in [0.2, 0.25) is 0 Å². The van der Waals surface area contributed by atoms with Crippen molar-refractivity contribution < 1.29 is 4.79 Å². The third-order valence-corrected chi connectivity index (χ3v) is 6.40. The lowest BCUT2D eigenvalue weighted by molar-refractivity contribution is 0.0716. The summed E-state index contributed by atoms with van der Waals surface area (Å²) in [6, 6.07) is 20.5. The van der Waals surface area contributed by atoms with Crippen molar-refractivity contribution >= 4 is 16.8 Å². The van der Waals surface area contributed by atoms with Gasteiger partial charge < -0.3 is 4.90 Å². The first-order valence-corrected chi connectivity index (χ1v) is 11.3. The number of rotatable bonds is 5. The van der Waals surface area contributed by atoms with Gasteiger partial charge in [0.15, 0.2) is 0 Å². The van der Waals surface area contributed by atoms with Gasteiger partial charge in [-0.2, -0.15) is 0 Å². The molecule has 1 heterocycles. The molecule has 0 spiro atoms. The Hall–Kier alpha value is -3.73. The van der Waals surface area contributed by atoms with E-state index in [1.165, 1.54) is 0 Å². The Balaban J connectivity index is 1.94. The number of aryl methyl sites for hydroxylation is 3. The number of fused-ring (bicyclic) bond motifs is 1. The van der Waals surface area contributed by atoms with Crippen LogP contribution in [0, 0.1) is 20.8 Å². The van der Waals surface area contributed by atoms with Gasteiger partial charge in [0.25, 0.3) is 11.5 Å². The molecule has 1 atom stereocenters. The molecule has 1 aromatic heterocycles. The molecular formula is C28H29N3O2. The lowest BCUT2D eigenvalue weighted by Gasteiger charge is -2.29. The summed E-state index contributed by atoms with van der Waals surface area (Å²) in [4.78, 5) is 33.8. The van der Waals surface area contributed by atoms with E-state index in [-0.39, 0.29) is 17.5 Å². The fraction of sp³-hybridized carbons (Fsp3) is 0.250. The molecule has 5 nitrogen and oxygen atoms in total. The zero-order valence-corrected chi connectivity index (χ0v) is 19.8. The Bertz CT molecular complexity index is 1400. The highest BCUT2D eigenvalue weighted by molar-refractivity contribution is 5.95. The fourth-order valence-electron chi connectivity index (χ4n) is 4.26. The van der Waals surface area contributed by atoms with Crippen LogP contribution in [-0.4, -0.2) is 27.4 Å². The monoisotopic (exact) mass is 439 g/mol. The summed E-state index contributed by atoms with van der Waals surface area (Å²) >= 11 is 0. The van der Waals surface area contributed by atoms with Crippen LogP contribution in [-0.2, 0) is 0 Å². The first kappa shape index (κ1) is 22.5. The summed E-state index contributed by atoms with van der Waals surface area (Å²) in [7, 11) is 1.79. The zero-order chi connectivity index (χ0) is 23.7. The smallest absolute Gasteiger partial charge is 0.266 e. The van der Waals surface area contributed by atoms with Crippen LogP contribution >= 0.6 is 0 Å². The van der Waals surface area contributed by atoms with Gasteiger partial charge in [-0.3, -0.25) is 14.2 Å². The minimum Gasteiger partial charge on any atom is -0.332 e. The van der Waals surface area contributed by atoms with E-state index < -0.39 is 0 Å². The van der Waals surface area contributed by atoms with E-state index in [2.05, 4.69) is 0 Å². The Morgan fingerprint density at radius 3 is 2.33 bits per heavy atom. The number of nitrogens with zero attached hydrogens (tertiary/aromatic N) is 3. The minimum atomic E-state index is -0.379. The molecule has 4 rings (SSSR count). The van der Waals surface area contributed by atoms with Gasteiger partial charge >= 0.3 is 0 Å². The second kappa shape index (κ2) is 9.02. The third kappa shape index (κ3) is 4.07. The van der Waals surface area contributed by atoms with E-state index >= 15 is 0 Å². The Kier molecular flexibility index (Phi) is 6.14. The lowest BCUT2D eigenvalue weighted by Crippen LogP contribution is -2.36. The maximum absolute atomic E-state index is 13.7. The van der Waals surface area contributed by atoms with Crippen molar-refractivity contribution in [1.82, 2.24) is 14.5 Å². The number of benzene rings is 3. The van der Waals surface area contributed by atoms with E-state index in [0.717, 1.165) is 22.4 Å². The molecule has 1 amide bonds. The van der Waals surface area contributed by atoms with Gasteiger partial charge in [0, 0.05) is 12.6 Å². The largest absolute Gasteiger partial charge is 0.332 e. The Labute approximate surface area is 194 Å². The van der Waals surface area contributed by atoms with E-state index in [0.29, 0.717) is 28.7 Å². The van der Waals surface area contributed by atoms with Gasteiger partial charge in [0.2, 0.25) is 0 Å². The van der Waals surface area contributed by atoms with Crippen molar-refractivity contribution in [3.63, 3.8) is 0 Å². The maximum atomic E-state index is 13.7. The number of hydrogen-bond acceptors (Lipinski definition) is 3.